The zero-order valence-electron chi connectivity index (χ0n) is 18.6. The van der Waals surface area contributed by atoms with E-state index in [9.17, 15) is 4.79 Å². The van der Waals surface area contributed by atoms with Crippen LogP contribution in [0, 0.1) is 5.41 Å². The summed E-state index contributed by atoms with van der Waals surface area (Å²) >= 11 is 1.66. The van der Waals surface area contributed by atoms with Crippen LogP contribution in [-0.4, -0.2) is 37.1 Å². The lowest BCUT2D eigenvalue weighted by Gasteiger charge is -2.30. The van der Waals surface area contributed by atoms with E-state index in [2.05, 4.69) is 35.9 Å². The van der Waals surface area contributed by atoms with Gasteiger partial charge in [0.1, 0.15) is 12.4 Å². The van der Waals surface area contributed by atoms with Gasteiger partial charge in [0, 0.05) is 37.5 Å². The predicted molar refractivity (Wildman–Crippen MR) is 128 cm³/mol. The van der Waals surface area contributed by atoms with Gasteiger partial charge in [-0.15, -0.1) is 11.3 Å². The van der Waals surface area contributed by atoms with Crippen LogP contribution in [0.4, 0.5) is 5.00 Å². The number of pyridine rings is 1. The third kappa shape index (κ3) is 4.30. The molecule has 1 aliphatic carbocycles. The van der Waals surface area contributed by atoms with E-state index < -0.39 is 0 Å². The lowest BCUT2D eigenvalue weighted by atomic mass is 9.75. The number of thiophene rings is 1. The number of morpholine rings is 1. The minimum absolute atomic E-state index is 0.0301. The van der Waals surface area contributed by atoms with Crippen molar-refractivity contribution in [2.75, 3.05) is 31.2 Å². The van der Waals surface area contributed by atoms with Crippen LogP contribution in [0.3, 0.4) is 0 Å². The molecule has 0 bridgehead atoms. The Morgan fingerprint density at radius 1 is 1.12 bits per heavy atom. The predicted octanol–water partition coefficient (Wildman–Crippen LogP) is 5.38. The van der Waals surface area contributed by atoms with Gasteiger partial charge in [-0.25, -0.2) is 0 Å². The molecule has 0 N–H and O–H groups in total. The van der Waals surface area contributed by atoms with Crippen molar-refractivity contribution in [3.63, 3.8) is 0 Å². The highest BCUT2D eigenvalue weighted by Gasteiger charge is 2.37. The van der Waals surface area contributed by atoms with Crippen LogP contribution < -0.4 is 9.64 Å². The zero-order valence-corrected chi connectivity index (χ0v) is 19.4. The number of hydrogen-bond acceptors (Lipinski definition) is 6. The molecule has 0 unspecified atom stereocenters. The molecule has 0 atom stereocenters. The second kappa shape index (κ2) is 8.68. The number of ketones is 1. The highest BCUT2D eigenvalue weighted by atomic mass is 32.1. The summed E-state index contributed by atoms with van der Waals surface area (Å²) in [4.78, 5) is 20.4. The van der Waals surface area contributed by atoms with E-state index in [0.717, 1.165) is 54.5 Å². The van der Waals surface area contributed by atoms with Gasteiger partial charge in [-0.2, -0.15) is 0 Å². The summed E-state index contributed by atoms with van der Waals surface area (Å²) in [5.41, 5.74) is 4.56. The van der Waals surface area contributed by atoms with Crippen molar-refractivity contribution in [3.8, 4) is 16.9 Å². The Labute approximate surface area is 193 Å². The van der Waals surface area contributed by atoms with Crippen molar-refractivity contribution in [2.45, 2.75) is 33.3 Å². The van der Waals surface area contributed by atoms with Gasteiger partial charge in [0.15, 0.2) is 5.78 Å². The molecule has 5 rings (SSSR count). The lowest BCUT2D eigenvalue weighted by Crippen LogP contribution is -2.36. The van der Waals surface area contributed by atoms with E-state index in [0.29, 0.717) is 13.0 Å². The molecule has 2 aromatic heterocycles. The summed E-state index contributed by atoms with van der Waals surface area (Å²) in [6.45, 7) is 8.02. The van der Waals surface area contributed by atoms with Gasteiger partial charge >= 0.3 is 0 Å². The Bertz CT molecular complexity index is 1120. The van der Waals surface area contributed by atoms with Crippen LogP contribution in [0.1, 0.15) is 41.1 Å². The standard InChI is InChI=1S/C26H28N2O3S/c1-26(2)15-21-23(25(28-10-12-30-13-11-28)32-24(21)22(29)16-26)19-4-3-5-20(14-19)31-17-18-6-8-27-9-7-18/h3-9,14H,10-13,15-17H2,1-2H3. The summed E-state index contributed by atoms with van der Waals surface area (Å²) in [6.07, 6.45) is 5.07. The number of nitrogens with zero attached hydrogens (tertiary/aromatic N) is 2. The molecule has 0 spiro atoms. The third-order valence-corrected chi connectivity index (χ3v) is 7.45. The molecule has 2 aliphatic rings. The summed E-state index contributed by atoms with van der Waals surface area (Å²) in [6, 6.07) is 12.2. The first-order chi connectivity index (χ1) is 15.5. The average Bonchev–Trinajstić information content (AvgIpc) is 3.18. The van der Waals surface area contributed by atoms with Gasteiger partial charge in [-0.1, -0.05) is 26.0 Å². The fourth-order valence-electron chi connectivity index (χ4n) is 4.58. The molecule has 1 aliphatic heterocycles. The third-order valence-electron chi connectivity index (χ3n) is 6.11. The fourth-order valence-corrected chi connectivity index (χ4v) is 5.91. The Morgan fingerprint density at radius 3 is 2.69 bits per heavy atom. The fraction of sp³-hybridized carbons (Fsp3) is 0.385. The highest BCUT2D eigenvalue weighted by molar-refractivity contribution is 7.19. The highest BCUT2D eigenvalue weighted by Crippen LogP contribution is 2.49. The molecule has 1 fully saturated rings. The van der Waals surface area contributed by atoms with Crippen LogP contribution in [0.25, 0.3) is 11.1 Å². The summed E-state index contributed by atoms with van der Waals surface area (Å²) in [5.74, 6) is 1.10. The van der Waals surface area contributed by atoms with E-state index in [-0.39, 0.29) is 11.2 Å². The molecule has 1 aromatic carbocycles. The van der Waals surface area contributed by atoms with Crippen LogP contribution in [-0.2, 0) is 17.8 Å². The number of carbonyl (C=O) groups is 1. The van der Waals surface area contributed by atoms with Crippen LogP contribution in [0.2, 0.25) is 0 Å². The van der Waals surface area contributed by atoms with Gasteiger partial charge in [0.25, 0.3) is 0 Å². The van der Waals surface area contributed by atoms with Gasteiger partial charge in [0.05, 0.1) is 23.1 Å². The van der Waals surface area contributed by atoms with Gasteiger partial charge in [-0.05, 0) is 52.8 Å². The number of carbonyl (C=O) groups excluding carboxylic acids is 1. The number of ether oxygens (including phenoxy) is 2. The number of rotatable bonds is 5. The first-order valence-corrected chi connectivity index (χ1v) is 12.0. The Morgan fingerprint density at radius 2 is 1.91 bits per heavy atom. The molecular weight excluding hydrogens is 420 g/mol. The lowest BCUT2D eigenvalue weighted by molar-refractivity contribution is 0.0918. The molecule has 1 saturated heterocycles. The van der Waals surface area contributed by atoms with Crippen molar-refractivity contribution in [2.24, 2.45) is 5.41 Å². The van der Waals surface area contributed by atoms with Crippen molar-refractivity contribution in [3.05, 3.63) is 64.8 Å². The summed E-state index contributed by atoms with van der Waals surface area (Å²) < 4.78 is 11.7. The Hall–Kier alpha value is -2.70. The Kier molecular flexibility index (Phi) is 5.74. The quantitative estimate of drug-likeness (QED) is 0.524. The first kappa shape index (κ1) is 21.2. The van der Waals surface area contributed by atoms with Crippen molar-refractivity contribution in [1.29, 1.82) is 0 Å². The monoisotopic (exact) mass is 448 g/mol. The van der Waals surface area contributed by atoms with Gasteiger partial charge in [-0.3, -0.25) is 9.78 Å². The smallest absolute Gasteiger partial charge is 0.173 e. The molecule has 0 amide bonds. The van der Waals surface area contributed by atoms with Gasteiger partial charge in [0.2, 0.25) is 0 Å². The van der Waals surface area contributed by atoms with Crippen LogP contribution in [0.15, 0.2) is 48.8 Å². The number of hydrogen-bond donors (Lipinski definition) is 0. The maximum atomic E-state index is 13.0. The van der Waals surface area contributed by atoms with E-state index in [1.54, 1.807) is 23.7 Å². The Balaban J connectivity index is 1.54. The molecule has 5 nitrogen and oxygen atoms in total. The molecule has 3 aromatic rings. The minimum atomic E-state index is -0.0301. The topological polar surface area (TPSA) is 51.7 Å². The number of aromatic nitrogens is 1. The average molecular weight is 449 g/mol. The van der Waals surface area contributed by atoms with Crippen LogP contribution >= 0.6 is 11.3 Å². The molecule has 6 heteroatoms. The number of Topliss-reactive ketones (excluding diaryl/α,β-unsaturated/α-hetero) is 1. The molecule has 32 heavy (non-hydrogen) atoms. The SMILES string of the molecule is CC1(C)CC(=O)c2sc(N3CCOCC3)c(-c3cccc(OCc4ccncc4)c3)c2C1. The largest absolute Gasteiger partial charge is 0.489 e. The van der Waals surface area contributed by atoms with Gasteiger partial charge < -0.3 is 14.4 Å². The molecule has 3 heterocycles. The maximum Gasteiger partial charge on any atom is 0.173 e. The second-order valence-electron chi connectivity index (χ2n) is 9.30. The maximum absolute atomic E-state index is 13.0. The van der Waals surface area contributed by atoms with Crippen LogP contribution in [0.5, 0.6) is 5.75 Å². The van der Waals surface area contributed by atoms with E-state index in [1.165, 1.54) is 16.1 Å². The number of fused-ring (bicyclic) bond motifs is 1. The second-order valence-corrected chi connectivity index (χ2v) is 10.3. The minimum Gasteiger partial charge on any atom is -0.489 e. The number of benzene rings is 1. The van der Waals surface area contributed by atoms with Crippen molar-refractivity contribution >= 4 is 22.1 Å². The molecule has 166 valence electrons. The van der Waals surface area contributed by atoms with Crippen molar-refractivity contribution in [1.82, 2.24) is 4.98 Å². The summed E-state index contributed by atoms with van der Waals surface area (Å²) in [5, 5.41) is 1.19. The van der Waals surface area contributed by atoms with E-state index >= 15 is 0 Å². The van der Waals surface area contributed by atoms with Crippen molar-refractivity contribution < 1.29 is 14.3 Å². The zero-order chi connectivity index (χ0) is 22.1. The van der Waals surface area contributed by atoms with E-state index in [1.807, 2.05) is 24.3 Å². The summed E-state index contributed by atoms with van der Waals surface area (Å²) in [7, 11) is 0. The normalized spacial score (nSPS) is 17.8. The molecular formula is C26H28N2O3S. The molecule has 0 radical (unpaired) electrons. The molecule has 0 saturated carbocycles. The first-order valence-electron chi connectivity index (χ1n) is 11.1. The number of anilines is 1. The van der Waals surface area contributed by atoms with E-state index in [4.69, 9.17) is 9.47 Å².